The number of esters is 1. The van der Waals surface area contributed by atoms with Gasteiger partial charge in [-0.15, -0.1) is 0 Å². The number of anilines is 1. The van der Waals surface area contributed by atoms with Gasteiger partial charge in [-0.2, -0.15) is 0 Å². The lowest BCUT2D eigenvalue weighted by Crippen LogP contribution is -2.45. The highest BCUT2D eigenvalue weighted by Crippen LogP contribution is 2.31. The Bertz CT molecular complexity index is 1070. The van der Waals surface area contributed by atoms with Crippen LogP contribution in [0.5, 0.6) is 0 Å². The number of rotatable bonds is 6. The molecule has 1 aliphatic rings. The summed E-state index contributed by atoms with van der Waals surface area (Å²) >= 11 is 1.37. The van der Waals surface area contributed by atoms with Gasteiger partial charge in [-0.25, -0.2) is 19.8 Å². The van der Waals surface area contributed by atoms with Crippen LogP contribution in [0, 0.1) is 0 Å². The van der Waals surface area contributed by atoms with E-state index in [1.807, 2.05) is 23.2 Å². The Labute approximate surface area is 183 Å². The van der Waals surface area contributed by atoms with Gasteiger partial charge in [-0.05, 0) is 43.2 Å². The largest absolute Gasteiger partial charge is 0.465 e. The minimum absolute atomic E-state index is 0.383. The van der Waals surface area contributed by atoms with Gasteiger partial charge >= 0.3 is 5.97 Å². The summed E-state index contributed by atoms with van der Waals surface area (Å²) in [6, 6.07) is 9.26. The van der Waals surface area contributed by atoms with Crippen LogP contribution in [0.4, 0.5) is 5.13 Å². The zero-order valence-electron chi connectivity index (χ0n) is 17.0. The molecule has 0 saturated carbocycles. The second-order valence-electron chi connectivity index (χ2n) is 6.89. The maximum absolute atomic E-state index is 11.8. The van der Waals surface area contributed by atoms with Crippen LogP contribution >= 0.6 is 11.3 Å². The first kappa shape index (κ1) is 20.8. The molecule has 0 aromatic carbocycles. The maximum atomic E-state index is 11.8. The fourth-order valence-corrected chi connectivity index (χ4v) is 4.20. The number of methoxy groups -OCH3 is 1. The molecule has 1 amide bonds. The molecule has 4 rings (SSSR count). The van der Waals surface area contributed by atoms with E-state index in [1.54, 1.807) is 29.5 Å². The van der Waals surface area contributed by atoms with Gasteiger partial charge in [-0.1, -0.05) is 23.0 Å². The number of piperidine rings is 1. The molecule has 1 saturated heterocycles. The first-order valence-corrected chi connectivity index (χ1v) is 10.6. The summed E-state index contributed by atoms with van der Waals surface area (Å²) in [6.45, 7) is 1.44. The molecular formula is C22H21N5O3S. The molecule has 0 bridgehead atoms. The van der Waals surface area contributed by atoms with Gasteiger partial charge in [0, 0.05) is 31.7 Å². The lowest BCUT2D eigenvalue weighted by molar-refractivity contribution is -0.110. The Balaban J connectivity index is 1.43. The number of pyridine rings is 2. The monoisotopic (exact) mass is 435 g/mol. The fourth-order valence-electron chi connectivity index (χ4n) is 3.31. The molecule has 9 heteroatoms. The predicted molar refractivity (Wildman–Crippen MR) is 118 cm³/mol. The zero-order valence-corrected chi connectivity index (χ0v) is 17.8. The predicted octanol–water partition coefficient (Wildman–Crippen LogP) is 3.44. The van der Waals surface area contributed by atoms with E-state index in [0.717, 1.165) is 42.9 Å². The average molecular weight is 436 g/mol. The number of hydrogen-bond donors (Lipinski definition) is 0. The van der Waals surface area contributed by atoms with Crippen molar-refractivity contribution in [2.75, 3.05) is 25.2 Å². The molecule has 0 N–H and O–H groups in total. The van der Waals surface area contributed by atoms with E-state index in [0.29, 0.717) is 16.4 Å². The van der Waals surface area contributed by atoms with E-state index in [2.05, 4.69) is 21.0 Å². The molecule has 0 radical (unpaired) electrons. The number of carbonyl (C=O) groups is 2. The second kappa shape index (κ2) is 9.59. The lowest BCUT2D eigenvalue weighted by Gasteiger charge is -2.34. The summed E-state index contributed by atoms with van der Waals surface area (Å²) in [5.41, 5.74) is 3.33. The molecule has 1 fully saturated rings. The number of ether oxygens (including phenoxy) is 1. The van der Waals surface area contributed by atoms with E-state index in [1.165, 1.54) is 30.2 Å². The molecule has 8 nitrogen and oxygen atoms in total. The van der Waals surface area contributed by atoms with Crippen molar-refractivity contribution in [3.8, 4) is 10.6 Å². The van der Waals surface area contributed by atoms with E-state index in [-0.39, 0.29) is 0 Å². The Hall–Kier alpha value is -3.43. The molecule has 158 valence electrons. The summed E-state index contributed by atoms with van der Waals surface area (Å²) in [5.74, 6) is -0.433. The maximum Gasteiger partial charge on any atom is 0.339 e. The molecule has 31 heavy (non-hydrogen) atoms. The average Bonchev–Trinajstić information content (AvgIpc) is 3.31. The highest BCUT2D eigenvalue weighted by Gasteiger charge is 2.23. The summed E-state index contributed by atoms with van der Waals surface area (Å²) in [5, 5.41) is 4.15. The summed E-state index contributed by atoms with van der Waals surface area (Å²) in [6.07, 6.45) is 9.57. The van der Waals surface area contributed by atoms with Crippen molar-refractivity contribution in [3.05, 3.63) is 65.8 Å². The third kappa shape index (κ3) is 4.84. The topological polar surface area (TPSA) is 88.5 Å². The van der Waals surface area contributed by atoms with Gasteiger partial charge in [-0.3, -0.25) is 14.8 Å². The summed E-state index contributed by atoms with van der Waals surface area (Å²) < 4.78 is 4.69. The second-order valence-corrected chi connectivity index (χ2v) is 7.90. The standard InChI is InChI=1S/C22H21N5O3S/c1-30-21(29)17-5-6-19(24-13-17)20-14-25-22(31-20)27(15-28)26-10-7-16(8-11-26)12-18-4-2-3-9-23-18/h2-6,9,12-15H,7-8,10-11H2,1H3. The van der Waals surface area contributed by atoms with E-state index >= 15 is 0 Å². The van der Waals surface area contributed by atoms with Gasteiger partial charge < -0.3 is 4.74 Å². The van der Waals surface area contributed by atoms with Crippen molar-refractivity contribution in [2.45, 2.75) is 12.8 Å². The molecule has 0 aliphatic carbocycles. The SMILES string of the molecule is COC(=O)c1ccc(-c2cnc(N(C=O)N3CCC(=Cc4ccccn4)CC3)s2)nc1. The number of thiazole rings is 1. The Morgan fingerprint density at radius 1 is 1.13 bits per heavy atom. The number of nitrogens with zero attached hydrogens (tertiary/aromatic N) is 5. The van der Waals surface area contributed by atoms with Gasteiger partial charge in [0.25, 0.3) is 0 Å². The molecule has 0 spiro atoms. The summed E-state index contributed by atoms with van der Waals surface area (Å²) in [4.78, 5) is 37.3. The van der Waals surface area contributed by atoms with Gasteiger partial charge in [0.05, 0.1) is 28.9 Å². The molecule has 3 aromatic rings. The van der Waals surface area contributed by atoms with Crippen LogP contribution in [0.25, 0.3) is 16.6 Å². The van der Waals surface area contributed by atoms with Crippen LogP contribution in [0.15, 0.2) is 54.5 Å². The van der Waals surface area contributed by atoms with Crippen LogP contribution in [-0.4, -0.2) is 52.5 Å². The van der Waals surface area contributed by atoms with E-state index in [4.69, 9.17) is 4.74 Å². The quantitative estimate of drug-likeness (QED) is 0.433. The molecule has 0 atom stereocenters. The number of amides is 1. The smallest absolute Gasteiger partial charge is 0.339 e. The minimum atomic E-state index is -0.433. The highest BCUT2D eigenvalue weighted by molar-refractivity contribution is 7.19. The molecule has 1 aliphatic heterocycles. The van der Waals surface area contributed by atoms with Crippen molar-refractivity contribution < 1.29 is 14.3 Å². The zero-order chi connectivity index (χ0) is 21.6. The van der Waals surface area contributed by atoms with Gasteiger partial charge in [0.1, 0.15) is 0 Å². The first-order chi connectivity index (χ1) is 15.2. The van der Waals surface area contributed by atoms with Crippen molar-refractivity contribution in [1.29, 1.82) is 0 Å². The Morgan fingerprint density at radius 3 is 2.61 bits per heavy atom. The van der Waals surface area contributed by atoms with Crippen molar-refractivity contribution in [2.24, 2.45) is 0 Å². The first-order valence-electron chi connectivity index (χ1n) is 9.78. The van der Waals surface area contributed by atoms with Gasteiger partial charge in [0.15, 0.2) is 0 Å². The number of hydrazine groups is 1. The van der Waals surface area contributed by atoms with Crippen LogP contribution < -0.4 is 5.01 Å². The van der Waals surface area contributed by atoms with Crippen molar-refractivity contribution in [1.82, 2.24) is 20.0 Å². The van der Waals surface area contributed by atoms with Crippen LogP contribution in [0.1, 0.15) is 28.9 Å². The van der Waals surface area contributed by atoms with Crippen LogP contribution in [-0.2, 0) is 9.53 Å². The lowest BCUT2D eigenvalue weighted by atomic mass is 10.0. The van der Waals surface area contributed by atoms with Crippen LogP contribution in [0.3, 0.4) is 0 Å². The van der Waals surface area contributed by atoms with Crippen molar-refractivity contribution in [3.63, 3.8) is 0 Å². The van der Waals surface area contributed by atoms with Crippen LogP contribution in [0.2, 0.25) is 0 Å². The third-order valence-electron chi connectivity index (χ3n) is 4.95. The van der Waals surface area contributed by atoms with E-state index in [9.17, 15) is 9.59 Å². The Kier molecular flexibility index (Phi) is 6.44. The minimum Gasteiger partial charge on any atom is -0.465 e. The number of aromatic nitrogens is 3. The highest BCUT2D eigenvalue weighted by atomic mass is 32.1. The summed E-state index contributed by atoms with van der Waals surface area (Å²) in [7, 11) is 1.33. The van der Waals surface area contributed by atoms with Crippen molar-refractivity contribution >= 4 is 34.9 Å². The number of hydrogen-bond acceptors (Lipinski definition) is 8. The Morgan fingerprint density at radius 2 is 1.97 bits per heavy atom. The normalized spacial score (nSPS) is 14.2. The van der Waals surface area contributed by atoms with E-state index < -0.39 is 5.97 Å². The van der Waals surface area contributed by atoms with Gasteiger partial charge in [0.2, 0.25) is 11.5 Å². The molecular weight excluding hydrogens is 414 g/mol. The number of carbonyl (C=O) groups excluding carboxylic acids is 2. The fraction of sp³-hybridized carbons (Fsp3) is 0.227. The molecule has 0 unspecified atom stereocenters. The molecule has 3 aromatic heterocycles. The molecule has 4 heterocycles. The third-order valence-corrected chi connectivity index (χ3v) is 5.96.